The van der Waals surface area contributed by atoms with Crippen LogP contribution in [0.5, 0.6) is 23.0 Å². The van der Waals surface area contributed by atoms with Crippen molar-refractivity contribution in [1.29, 1.82) is 0 Å². The van der Waals surface area contributed by atoms with Gasteiger partial charge in [-0.2, -0.15) is 22.1 Å². The molecule has 2 amide bonds. The second kappa shape index (κ2) is 40.7. The highest BCUT2D eigenvalue weighted by molar-refractivity contribution is 7.85. The molecule has 2 unspecified atom stereocenters. The van der Waals surface area contributed by atoms with Crippen molar-refractivity contribution in [2.24, 2.45) is 4.99 Å². The van der Waals surface area contributed by atoms with E-state index in [0.717, 1.165) is 142 Å². The lowest BCUT2D eigenvalue weighted by atomic mass is 9.81. The summed E-state index contributed by atoms with van der Waals surface area (Å²) in [5, 5.41) is 39.5. The fraction of sp³-hybridized carbons (Fsp3) is 0.439. The zero-order chi connectivity index (χ0) is 94.0. The van der Waals surface area contributed by atoms with Crippen molar-refractivity contribution >= 4 is 92.0 Å². The van der Waals surface area contributed by atoms with E-state index in [4.69, 9.17) is 19.3 Å². The van der Waals surface area contributed by atoms with Gasteiger partial charge in [-0.25, -0.2) is 4.99 Å². The summed E-state index contributed by atoms with van der Waals surface area (Å²) in [6.45, 7) is 49.0. The quantitative estimate of drug-likeness (QED) is 0.00573. The Bertz CT molecular complexity index is 5880. The van der Waals surface area contributed by atoms with E-state index in [-0.39, 0.29) is 45.1 Å². The number of hydrogen-bond acceptors (Lipinski definition) is 13. The van der Waals surface area contributed by atoms with Gasteiger partial charge >= 0.3 is 5.97 Å². The molecule has 129 heavy (non-hydrogen) atoms. The number of aliphatic carboxylic acids is 1. The van der Waals surface area contributed by atoms with Crippen LogP contribution < -0.4 is 30.3 Å². The highest BCUT2D eigenvalue weighted by Crippen LogP contribution is 2.51. The van der Waals surface area contributed by atoms with Gasteiger partial charge in [-0.05, 0) is 262 Å². The molecule has 2 atom stereocenters. The highest BCUT2D eigenvalue weighted by Gasteiger charge is 2.49. The molecule has 22 heteroatoms. The smallest absolute Gasteiger partial charge is 0.303 e. The summed E-state index contributed by atoms with van der Waals surface area (Å²) in [4.78, 5) is 54.5. The Morgan fingerprint density at radius 2 is 0.984 bits per heavy atom. The van der Waals surface area contributed by atoms with Crippen LogP contribution in [0.4, 0.5) is 34.1 Å². The van der Waals surface area contributed by atoms with Gasteiger partial charge in [0.2, 0.25) is 17.1 Å². The minimum atomic E-state index is -4.41. The molecule has 8 aromatic rings. The summed E-state index contributed by atoms with van der Waals surface area (Å²) in [5.74, 6) is 1.03. The number of hydrogen-bond donors (Lipinski definition) is 7. The van der Waals surface area contributed by atoms with Crippen LogP contribution in [0.15, 0.2) is 167 Å². The average molecular weight is 1780 g/mol. The first-order chi connectivity index (χ1) is 60.9. The molecule has 6 aliphatic heterocycles. The van der Waals surface area contributed by atoms with Crippen LogP contribution in [-0.2, 0) is 68.5 Å². The third-order valence-corrected chi connectivity index (χ3v) is 28.6. The number of aromatic hydroxyl groups is 2. The van der Waals surface area contributed by atoms with Gasteiger partial charge in [0, 0.05) is 147 Å². The number of phenols is 2. The Hall–Kier alpha value is -11.5. The topological polar surface area (TPSA) is 272 Å². The normalized spacial score (nSPS) is 18.3. The van der Waals surface area contributed by atoms with Crippen molar-refractivity contribution in [3.05, 3.63) is 241 Å². The number of nitrogens with one attached hydrogen (secondary N) is 3. The Labute approximate surface area is 765 Å². The van der Waals surface area contributed by atoms with Gasteiger partial charge in [0.05, 0.1) is 39.8 Å². The third-order valence-electron chi connectivity index (χ3n) is 27.7. The molecular formula is C107H137N8O13S+3. The zero-order valence-electron chi connectivity index (χ0n) is 79.8. The Morgan fingerprint density at radius 3 is 1.50 bits per heavy atom. The van der Waals surface area contributed by atoms with Gasteiger partial charge in [-0.3, -0.25) is 23.7 Å². The van der Waals surface area contributed by atoms with Crippen LogP contribution in [0, 0.1) is 62.3 Å². The van der Waals surface area contributed by atoms with Crippen LogP contribution >= 0.6 is 0 Å². The lowest BCUT2D eigenvalue weighted by Gasteiger charge is -2.36. The number of carboxylic acids is 1. The third kappa shape index (κ3) is 21.5. The first-order valence-electron chi connectivity index (χ1n) is 45.6. The van der Waals surface area contributed by atoms with E-state index in [1.165, 1.54) is 62.2 Å². The number of fused-ring (bicyclic) bond motifs is 6. The van der Waals surface area contributed by atoms with Gasteiger partial charge < -0.3 is 50.4 Å². The van der Waals surface area contributed by atoms with E-state index < -0.39 is 32.7 Å². The Kier molecular flexibility index (Phi) is 30.9. The average Bonchev–Trinajstić information content (AvgIpc) is 1.62. The zero-order valence-corrected chi connectivity index (χ0v) is 80.7. The number of unbranched alkanes of at least 4 members (excludes halogenated alkanes) is 4. The number of benzene rings is 8. The van der Waals surface area contributed by atoms with Crippen LogP contribution in [-0.4, -0.2) is 147 Å². The molecule has 0 radical (unpaired) electrons. The van der Waals surface area contributed by atoms with Crippen molar-refractivity contribution < 1.29 is 75.4 Å². The number of amides is 2. The number of aryl methyl sites for hydroxylation is 3. The second-order valence-electron chi connectivity index (χ2n) is 38.1. The maximum absolute atomic E-state index is 13.7. The standard InChI is InChI=1S/C47H59N3O8S.C29H38N2O3.C18H26NO2.C13H12N2/c1-29-18-20-37-35(27-29)45(5,6)39(50(37)26-14-24-48-44(54)47(9)23-22-34-32(4)42(53)30(2)31(3)43(34)58-47)15-13-16-40-46(7,8)36-28-33(59(55,56)57)19-21-38(36)49(40)25-12-10-11-17-41(51)52;1-17-10-11-24-23(16-17)28(6,7)21(5)31(24)15-9-14-30-27(33)29(8)13-12-22-20(4)25(32)18(2)19(3)26(22)34-29;1-14-8-9-17-16(12-14)18(3,4)15(2)19(17)10-6-5-7-11-21-13-20;1-3-7-12(8-4-1)14-11-15-13-9-5-2-6-10-13/h13,15-16,18-21,27-28H,10-12,14,17,22-26H2,1-9H3,(H3-,48,51,52,53,54,55,56,57);10-11,16H,9,12-15H2,1-8H3,(H-,30,32,33);8-9,12-13H,5-7,10-11H2,1-4H3;1-11H,(H,14,15)/q;;+1;/p+2. The molecule has 6 aliphatic rings. The highest BCUT2D eigenvalue weighted by atomic mass is 32.2. The summed E-state index contributed by atoms with van der Waals surface area (Å²) in [5.41, 5.74) is 24.3. The predicted molar refractivity (Wildman–Crippen MR) is 518 cm³/mol. The number of rotatable bonds is 29. The van der Waals surface area contributed by atoms with Gasteiger partial charge in [-0.1, -0.05) is 97.3 Å². The molecule has 6 heterocycles. The Balaban J connectivity index is 0.000000191. The first kappa shape index (κ1) is 98.1. The molecule has 0 bridgehead atoms. The summed E-state index contributed by atoms with van der Waals surface area (Å²) in [6.07, 6.45) is 17.3. The van der Waals surface area contributed by atoms with E-state index in [0.29, 0.717) is 89.3 Å². The van der Waals surface area contributed by atoms with E-state index >= 15 is 0 Å². The number of aliphatic imine (C=N–C) groups is 1. The lowest BCUT2D eigenvalue weighted by Crippen LogP contribution is -2.51. The van der Waals surface area contributed by atoms with E-state index in [9.17, 15) is 42.4 Å². The molecule has 0 fully saturated rings. The lowest BCUT2D eigenvalue weighted by molar-refractivity contribution is -0.439. The van der Waals surface area contributed by atoms with E-state index in [2.05, 4.69) is 189 Å². The molecule has 21 nitrogen and oxygen atoms in total. The Morgan fingerprint density at radius 1 is 0.519 bits per heavy atom. The van der Waals surface area contributed by atoms with Crippen LogP contribution in [0.25, 0.3) is 0 Å². The van der Waals surface area contributed by atoms with E-state index in [1.807, 2.05) is 130 Å². The van der Waals surface area contributed by atoms with Gasteiger partial charge in [0.25, 0.3) is 28.4 Å². The molecular weight excluding hydrogens is 1640 g/mol. The van der Waals surface area contributed by atoms with Crippen LogP contribution in [0.2, 0.25) is 0 Å². The number of allylic oxidation sites excluding steroid dienone is 4. The largest absolute Gasteiger partial charge is 0.507 e. The molecule has 7 N–H and O–H groups in total. The van der Waals surface area contributed by atoms with Crippen molar-refractivity contribution in [2.45, 2.75) is 267 Å². The number of anilines is 2. The fourth-order valence-corrected chi connectivity index (χ4v) is 19.3. The number of carbonyl (C=O) groups excluding carboxylic acids is 3. The van der Waals surface area contributed by atoms with Crippen molar-refractivity contribution in [2.75, 3.05) is 56.1 Å². The van der Waals surface area contributed by atoms with E-state index in [1.54, 1.807) is 18.5 Å². The number of para-hydroxylation sites is 2. The van der Waals surface area contributed by atoms with Gasteiger partial charge in [0.15, 0.2) is 34.9 Å². The number of nitrogens with zero attached hydrogens (tertiary/aromatic N) is 5. The van der Waals surface area contributed by atoms with Crippen molar-refractivity contribution in [3.63, 3.8) is 0 Å². The molecule has 0 aromatic heterocycles. The summed E-state index contributed by atoms with van der Waals surface area (Å²) < 4.78 is 58.7. The maximum atomic E-state index is 13.7. The fourth-order valence-electron chi connectivity index (χ4n) is 18.8. The minimum absolute atomic E-state index is 0.0178. The number of carboxylic acid groups (broad SMARTS) is 1. The van der Waals surface area contributed by atoms with Crippen molar-refractivity contribution in [3.8, 4) is 23.0 Å². The van der Waals surface area contributed by atoms with Crippen LogP contribution in [0.3, 0.4) is 0 Å². The molecule has 0 saturated heterocycles. The SMILES string of the molecule is C(=Nc1ccccc1)Nc1ccccc1.CC1=[N+](CCCCCOC=O)c2ccc(C)cc2C1(C)C.CC1=[N+](CCCNC(=O)C2(C)CCc3c(C)c(O)c(C)c(C)c3O2)c2ccc(C)cc2C1(C)C.Cc1ccc2c(c1)C(C)(C)C(=CC=CC1=[N+](CCCCCC(=O)O)c3ccc(S(=O)(=O)O)cc3C1(C)C)N2CCCNC(=O)C1(C)CCc2c(C)c(O)c(C)c(C)c2O1. The molecule has 8 aromatic carbocycles. The summed E-state index contributed by atoms with van der Waals surface area (Å²) >= 11 is 0. The van der Waals surface area contributed by atoms with Gasteiger partial charge in [0.1, 0.15) is 36.1 Å². The van der Waals surface area contributed by atoms with Crippen LogP contribution in [0.1, 0.15) is 237 Å². The number of phenolic OH excluding ortho intramolecular Hbond substituents is 2. The summed E-state index contributed by atoms with van der Waals surface area (Å²) in [7, 11) is -4.41. The molecule has 0 spiro atoms. The molecule has 0 aliphatic carbocycles. The monoisotopic (exact) mass is 1770 g/mol. The van der Waals surface area contributed by atoms with Crippen molar-refractivity contribution in [1.82, 2.24) is 10.6 Å². The molecule has 0 saturated carbocycles. The maximum Gasteiger partial charge on any atom is 0.303 e. The summed E-state index contributed by atoms with van der Waals surface area (Å²) in [6, 6.07) is 44.5. The second-order valence-corrected chi connectivity index (χ2v) is 39.5. The number of ether oxygens (including phenoxy) is 3. The van der Waals surface area contributed by atoms with Gasteiger partial charge in [-0.15, -0.1) is 0 Å². The minimum Gasteiger partial charge on any atom is -0.507 e. The molecule has 14 rings (SSSR count). The first-order valence-corrected chi connectivity index (χ1v) is 47.1. The molecule has 686 valence electrons. The number of carbonyl (C=O) groups is 4. The predicted octanol–water partition coefficient (Wildman–Crippen LogP) is 20.9.